The highest BCUT2D eigenvalue weighted by Gasteiger charge is 2.08. The van der Waals surface area contributed by atoms with E-state index in [9.17, 15) is 0 Å². The van der Waals surface area contributed by atoms with Crippen LogP contribution < -0.4 is 14.8 Å². The molecule has 0 aliphatic rings. The molecule has 0 unspecified atom stereocenters. The summed E-state index contributed by atoms with van der Waals surface area (Å²) in [6.07, 6.45) is 0. The van der Waals surface area contributed by atoms with Crippen molar-refractivity contribution in [1.29, 1.82) is 0 Å². The molecule has 8 heteroatoms. The predicted molar refractivity (Wildman–Crippen MR) is 111 cm³/mol. The fourth-order valence-electron chi connectivity index (χ4n) is 2.13. The van der Waals surface area contributed by atoms with Gasteiger partial charge in [-0.2, -0.15) is 0 Å². The first kappa shape index (κ1) is 19.0. The SMILES string of the molecule is CCOc1ccccc1Nc1nnc(SCCOc2cccc(Br)c2)s1. The molecule has 26 heavy (non-hydrogen) atoms. The predicted octanol–water partition coefficient (Wildman–Crippen LogP) is 5.61. The summed E-state index contributed by atoms with van der Waals surface area (Å²) in [5.74, 6) is 2.46. The number of nitrogens with zero attached hydrogens (tertiary/aromatic N) is 2. The fraction of sp³-hybridized carbons (Fsp3) is 0.222. The first-order valence-corrected chi connectivity index (χ1v) is 10.7. The Balaban J connectivity index is 1.49. The number of para-hydroxylation sites is 2. The molecule has 0 bridgehead atoms. The van der Waals surface area contributed by atoms with Gasteiger partial charge in [0.05, 0.1) is 18.9 Å². The largest absolute Gasteiger partial charge is 0.493 e. The van der Waals surface area contributed by atoms with E-state index in [2.05, 4.69) is 31.4 Å². The van der Waals surface area contributed by atoms with Gasteiger partial charge in [0.15, 0.2) is 4.34 Å². The molecule has 1 heterocycles. The van der Waals surface area contributed by atoms with Crippen LogP contribution in [0.5, 0.6) is 11.5 Å². The van der Waals surface area contributed by atoms with Crippen LogP contribution in [0.25, 0.3) is 0 Å². The van der Waals surface area contributed by atoms with Crippen molar-refractivity contribution in [3.63, 3.8) is 0 Å². The summed E-state index contributed by atoms with van der Waals surface area (Å²) in [5.41, 5.74) is 0.889. The highest BCUT2D eigenvalue weighted by molar-refractivity contribution is 9.10. The molecular formula is C18H18BrN3O2S2. The van der Waals surface area contributed by atoms with E-state index in [1.165, 1.54) is 11.3 Å². The molecule has 0 aliphatic carbocycles. The maximum Gasteiger partial charge on any atom is 0.210 e. The van der Waals surface area contributed by atoms with Crippen LogP contribution in [0.2, 0.25) is 0 Å². The van der Waals surface area contributed by atoms with Gasteiger partial charge in [0.2, 0.25) is 5.13 Å². The Morgan fingerprint density at radius 3 is 2.85 bits per heavy atom. The quantitative estimate of drug-likeness (QED) is 0.336. The van der Waals surface area contributed by atoms with E-state index in [0.717, 1.165) is 36.9 Å². The van der Waals surface area contributed by atoms with Gasteiger partial charge in [-0.15, -0.1) is 10.2 Å². The highest BCUT2D eigenvalue weighted by atomic mass is 79.9. The molecule has 0 saturated heterocycles. The zero-order valence-corrected chi connectivity index (χ0v) is 17.4. The van der Waals surface area contributed by atoms with Crippen LogP contribution >= 0.6 is 39.0 Å². The zero-order chi connectivity index (χ0) is 18.2. The summed E-state index contributed by atoms with van der Waals surface area (Å²) < 4.78 is 13.3. The topological polar surface area (TPSA) is 56.3 Å². The van der Waals surface area contributed by atoms with Crippen LogP contribution in [0.4, 0.5) is 10.8 Å². The Kier molecular flexibility index (Phi) is 7.16. The molecule has 0 fully saturated rings. The maximum atomic E-state index is 5.73. The summed E-state index contributed by atoms with van der Waals surface area (Å²) in [4.78, 5) is 0. The number of halogens is 1. The van der Waals surface area contributed by atoms with Crippen molar-refractivity contribution >= 4 is 49.8 Å². The van der Waals surface area contributed by atoms with E-state index in [0.29, 0.717) is 13.2 Å². The summed E-state index contributed by atoms with van der Waals surface area (Å²) in [6.45, 7) is 3.19. The Morgan fingerprint density at radius 1 is 1.12 bits per heavy atom. The molecule has 0 atom stereocenters. The number of rotatable bonds is 9. The third-order valence-electron chi connectivity index (χ3n) is 3.21. The highest BCUT2D eigenvalue weighted by Crippen LogP contribution is 2.31. The normalized spacial score (nSPS) is 10.5. The van der Waals surface area contributed by atoms with Crippen molar-refractivity contribution < 1.29 is 9.47 Å². The second-order valence-electron chi connectivity index (χ2n) is 5.08. The van der Waals surface area contributed by atoms with E-state index in [1.807, 2.05) is 55.5 Å². The molecule has 0 spiro atoms. The van der Waals surface area contributed by atoms with Crippen molar-refractivity contribution in [2.45, 2.75) is 11.3 Å². The Morgan fingerprint density at radius 2 is 2.00 bits per heavy atom. The number of hydrogen-bond donors (Lipinski definition) is 1. The average Bonchev–Trinajstić information content (AvgIpc) is 3.08. The van der Waals surface area contributed by atoms with Crippen LogP contribution in [0.15, 0.2) is 57.3 Å². The molecule has 1 aromatic heterocycles. The van der Waals surface area contributed by atoms with Gasteiger partial charge >= 0.3 is 0 Å². The summed E-state index contributed by atoms with van der Waals surface area (Å²) >= 11 is 6.58. The Bertz CT molecular complexity index is 845. The minimum Gasteiger partial charge on any atom is -0.493 e. The zero-order valence-electron chi connectivity index (χ0n) is 14.1. The number of thioether (sulfide) groups is 1. The van der Waals surface area contributed by atoms with Crippen LogP contribution in [0.3, 0.4) is 0 Å². The van der Waals surface area contributed by atoms with E-state index < -0.39 is 0 Å². The van der Waals surface area contributed by atoms with Gasteiger partial charge in [-0.25, -0.2) is 0 Å². The van der Waals surface area contributed by atoms with Gasteiger partial charge in [-0.1, -0.05) is 57.2 Å². The number of benzene rings is 2. The molecule has 0 amide bonds. The monoisotopic (exact) mass is 451 g/mol. The first-order chi connectivity index (χ1) is 12.7. The van der Waals surface area contributed by atoms with Crippen molar-refractivity contribution in [3.8, 4) is 11.5 Å². The molecule has 1 N–H and O–H groups in total. The minimum atomic E-state index is 0.608. The van der Waals surface area contributed by atoms with Crippen molar-refractivity contribution in [3.05, 3.63) is 53.0 Å². The lowest BCUT2D eigenvalue weighted by atomic mass is 10.3. The van der Waals surface area contributed by atoms with E-state index in [1.54, 1.807) is 11.8 Å². The molecule has 0 radical (unpaired) electrons. The molecule has 0 saturated carbocycles. The Hall–Kier alpha value is -1.77. The van der Waals surface area contributed by atoms with Crippen LogP contribution in [-0.2, 0) is 0 Å². The van der Waals surface area contributed by atoms with E-state index in [-0.39, 0.29) is 0 Å². The minimum absolute atomic E-state index is 0.608. The van der Waals surface area contributed by atoms with E-state index >= 15 is 0 Å². The summed E-state index contributed by atoms with van der Waals surface area (Å²) in [5, 5.41) is 12.4. The lowest BCUT2D eigenvalue weighted by molar-refractivity contribution is 0.342. The van der Waals surface area contributed by atoms with Crippen molar-refractivity contribution in [1.82, 2.24) is 10.2 Å². The third-order valence-corrected chi connectivity index (χ3v) is 5.64. The number of nitrogens with one attached hydrogen (secondary N) is 1. The summed E-state index contributed by atoms with van der Waals surface area (Å²) in [7, 11) is 0. The number of aromatic nitrogens is 2. The van der Waals surface area contributed by atoms with E-state index in [4.69, 9.17) is 9.47 Å². The molecule has 3 rings (SSSR count). The van der Waals surface area contributed by atoms with Crippen molar-refractivity contribution in [2.24, 2.45) is 0 Å². The number of hydrogen-bond acceptors (Lipinski definition) is 7. The number of anilines is 2. The van der Waals surface area contributed by atoms with Gasteiger partial charge in [-0.05, 0) is 37.3 Å². The Labute approximate surface area is 169 Å². The molecule has 0 aliphatic heterocycles. The molecular weight excluding hydrogens is 434 g/mol. The fourth-order valence-corrected chi connectivity index (χ4v) is 4.16. The van der Waals surface area contributed by atoms with Gasteiger partial charge in [-0.3, -0.25) is 0 Å². The van der Waals surface area contributed by atoms with Crippen LogP contribution in [0, 0.1) is 0 Å². The lowest BCUT2D eigenvalue weighted by Gasteiger charge is -2.09. The van der Waals surface area contributed by atoms with Gasteiger partial charge in [0, 0.05) is 10.2 Å². The summed E-state index contributed by atoms with van der Waals surface area (Å²) in [6, 6.07) is 15.6. The standard InChI is InChI=1S/C18H18BrN3O2S2/c1-2-23-16-9-4-3-8-15(16)20-17-21-22-18(26-17)25-11-10-24-14-7-5-6-13(19)12-14/h3-9,12H,2,10-11H2,1H3,(H,20,21). The number of ether oxygens (including phenoxy) is 2. The molecule has 5 nitrogen and oxygen atoms in total. The van der Waals surface area contributed by atoms with Gasteiger partial charge < -0.3 is 14.8 Å². The molecule has 136 valence electrons. The third kappa shape index (κ3) is 5.62. The smallest absolute Gasteiger partial charge is 0.210 e. The average molecular weight is 452 g/mol. The second kappa shape index (κ2) is 9.80. The lowest BCUT2D eigenvalue weighted by Crippen LogP contribution is -1.99. The van der Waals surface area contributed by atoms with Gasteiger partial charge in [0.1, 0.15) is 11.5 Å². The van der Waals surface area contributed by atoms with Gasteiger partial charge in [0.25, 0.3) is 0 Å². The molecule has 2 aromatic carbocycles. The maximum absolute atomic E-state index is 5.73. The van der Waals surface area contributed by atoms with Crippen LogP contribution in [0.1, 0.15) is 6.92 Å². The van der Waals surface area contributed by atoms with Crippen molar-refractivity contribution in [2.75, 3.05) is 24.3 Å². The second-order valence-corrected chi connectivity index (χ2v) is 8.32. The van der Waals surface area contributed by atoms with Crippen LogP contribution in [-0.4, -0.2) is 29.2 Å². The first-order valence-electron chi connectivity index (χ1n) is 8.08. The molecule has 3 aromatic rings.